The van der Waals surface area contributed by atoms with Crippen molar-refractivity contribution in [3.8, 4) is 17.1 Å². The molecule has 5 heteroatoms. The molecule has 0 atom stereocenters. The molecule has 0 fully saturated rings. The molecule has 0 bridgehead atoms. The summed E-state index contributed by atoms with van der Waals surface area (Å²) in [5.41, 5.74) is 0.919. The number of benzene rings is 1. The molecule has 1 aromatic carbocycles. The first-order valence-electron chi connectivity index (χ1n) is 6.10. The zero-order valence-electron chi connectivity index (χ0n) is 11.0. The van der Waals surface area contributed by atoms with E-state index in [4.69, 9.17) is 9.84 Å². The SMILES string of the molecule is CCCn1ccnc1-c1cc(C(=O)O)ccc1OC. The van der Waals surface area contributed by atoms with E-state index in [9.17, 15) is 4.79 Å². The molecule has 1 aromatic heterocycles. The van der Waals surface area contributed by atoms with Crippen molar-refractivity contribution in [3.63, 3.8) is 0 Å². The Bertz CT molecular complexity index is 590. The zero-order valence-corrected chi connectivity index (χ0v) is 11.0. The average molecular weight is 260 g/mol. The Kier molecular flexibility index (Phi) is 3.85. The maximum Gasteiger partial charge on any atom is 0.335 e. The van der Waals surface area contributed by atoms with Crippen LogP contribution in [0.2, 0.25) is 0 Å². The predicted molar refractivity (Wildman–Crippen MR) is 71.5 cm³/mol. The topological polar surface area (TPSA) is 64.4 Å². The van der Waals surface area contributed by atoms with Crippen molar-refractivity contribution in [2.75, 3.05) is 7.11 Å². The van der Waals surface area contributed by atoms with Crippen molar-refractivity contribution in [2.45, 2.75) is 19.9 Å². The third kappa shape index (κ3) is 2.59. The Hall–Kier alpha value is -2.30. The quantitative estimate of drug-likeness (QED) is 0.897. The lowest BCUT2D eigenvalue weighted by Gasteiger charge is -2.11. The van der Waals surface area contributed by atoms with Gasteiger partial charge in [-0.15, -0.1) is 0 Å². The van der Waals surface area contributed by atoms with Crippen molar-refractivity contribution in [2.24, 2.45) is 0 Å². The van der Waals surface area contributed by atoms with Crippen LogP contribution in [0.4, 0.5) is 0 Å². The summed E-state index contributed by atoms with van der Waals surface area (Å²) in [6, 6.07) is 4.77. The summed E-state index contributed by atoms with van der Waals surface area (Å²) in [5.74, 6) is 0.382. The summed E-state index contributed by atoms with van der Waals surface area (Å²) in [4.78, 5) is 15.4. The number of hydrogen-bond acceptors (Lipinski definition) is 3. The number of methoxy groups -OCH3 is 1. The lowest BCUT2D eigenvalue weighted by atomic mass is 10.1. The molecule has 5 nitrogen and oxygen atoms in total. The van der Waals surface area contributed by atoms with Gasteiger partial charge in [-0.05, 0) is 24.6 Å². The Morgan fingerprint density at radius 2 is 2.26 bits per heavy atom. The smallest absolute Gasteiger partial charge is 0.335 e. The van der Waals surface area contributed by atoms with Crippen LogP contribution in [-0.4, -0.2) is 27.7 Å². The van der Waals surface area contributed by atoms with Crippen LogP contribution in [0.3, 0.4) is 0 Å². The second-order valence-electron chi connectivity index (χ2n) is 4.16. The number of nitrogens with zero attached hydrogens (tertiary/aromatic N) is 2. The first-order chi connectivity index (χ1) is 9.17. The molecule has 0 radical (unpaired) electrons. The third-order valence-electron chi connectivity index (χ3n) is 2.87. The molecule has 0 aliphatic rings. The molecule has 1 heterocycles. The molecule has 0 amide bonds. The number of aromatic nitrogens is 2. The van der Waals surface area contributed by atoms with E-state index in [1.54, 1.807) is 25.4 Å². The van der Waals surface area contributed by atoms with Gasteiger partial charge in [-0.1, -0.05) is 6.92 Å². The van der Waals surface area contributed by atoms with Gasteiger partial charge in [0, 0.05) is 18.9 Å². The fourth-order valence-corrected chi connectivity index (χ4v) is 1.99. The van der Waals surface area contributed by atoms with E-state index in [-0.39, 0.29) is 5.56 Å². The van der Waals surface area contributed by atoms with Crippen LogP contribution in [0.15, 0.2) is 30.6 Å². The van der Waals surface area contributed by atoms with Crippen LogP contribution in [0.25, 0.3) is 11.4 Å². The summed E-state index contributed by atoms with van der Waals surface area (Å²) in [6.07, 6.45) is 4.56. The molecule has 0 spiro atoms. The standard InChI is InChI=1S/C14H16N2O3/c1-3-7-16-8-6-15-13(16)11-9-10(14(17)18)4-5-12(11)19-2/h4-6,8-9H,3,7H2,1-2H3,(H,17,18). The summed E-state index contributed by atoms with van der Waals surface area (Å²) < 4.78 is 7.28. The number of rotatable bonds is 5. The van der Waals surface area contributed by atoms with Crippen molar-refractivity contribution in [1.29, 1.82) is 0 Å². The van der Waals surface area contributed by atoms with Crippen LogP contribution in [0, 0.1) is 0 Å². The van der Waals surface area contributed by atoms with Gasteiger partial charge < -0.3 is 14.4 Å². The molecule has 0 saturated heterocycles. The number of aromatic carboxylic acids is 1. The van der Waals surface area contributed by atoms with E-state index >= 15 is 0 Å². The molecule has 2 rings (SSSR count). The minimum absolute atomic E-state index is 0.224. The highest BCUT2D eigenvalue weighted by Gasteiger charge is 2.14. The molecule has 2 aromatic rings. The molecular weight excluding hydrogens is 244 g/mol. The van der Waals surface area contributed by atoms with Crippen molar-refractivity contribution in [1.82, 2.24) is 9.55 Å². The van der Waals surface area contributed by atoms with E-state index in [2.05, 4.69) is 11.9 Å². The summed E-state index contributed by atoms with van der Waals surface area (Å²) in [5, 5.41) is 9.08. The second-order valence-corrected chi connectivity index (χ2v) is 4.16. The van der Waals surface area contributed by atoms with Gasteiger partial charge in [-0.2, -0.15) is 0 Å². The molecule has 1 N–H and O–H groups in total. The van der Waals surface area contributed by atoms with Gasteiger partial charge in [0.15, 0.2) is 0 Å². The normalized spacial score (nSPS) is 10.4. The maximum atomic E-state index is 11.1. The fraction of sp³-hybridized carbons (Fsp3) is 0.286. The number of ether oxygens (including phenoxy) is 1. The Morgan fingerprint density at radius 1 is 1.47 bits per heavy atom. The predicted octanol–water partition coefficient (Wildman–Crippen LogP) is 2.67. The number of aryl methyl sites for hydroxylation is 1. The van der Waals surface area contributed by atoms with E-state index in [0.717, 1.165) is 18.8 Å². The summed E-state index contributed by atoms with van der Waals surface area (Å²) in [6.45, 7) is 2.91. The molecule has 0 saturated carbocycles. The van der Waals surface area contributed by atoms with Crippen molar-refractivity contribution < 1.29 is 14.6 Å². The molecule has 0 aliphatic carbocycles. The number of carbonyl (C=O) groups is 1. The van der Waals surface area contributed by atoms with Gasteiger partial charge in [0.1, 0.15) is 11.6 Å². The van der Waals surface area contributed by atoms with E-state index in [0.29, 0.717) is 11.3 Å². The van der Waals surface area contributed by atoms with Crippen molar-refractivity contribution in [3.05, 3.63) is 36.2 Å². The van der Waals surface area contributed by atoms with E-state index in [1.165, 1.54) is 6.07 Å². The molecule has 19 heavy (non-hydrogen) atoms. The van der Waals surface area contributed by atoms with Gasteiger partial charge in [0.2, 0.25) is 0 Å². The third-order valence-corrected chi connectivity index (χ3v) is 2.87. The fourth-order valence-electron chi connectivity index (χ4n) is 1.99. The van der Waals surface area contributed by atoms with Crippen LogP contribution >= 0.6 is 0 Å². The van der Waals surface area contributed by atoms with Crippen LogP contribution in [0.5, 0.6) is 5.75 Å². The lowest BCUT2D eigenvalue weighted by molar-refractivity contribution is 0.0697. The van der Waals surface area contributed by atoms with Gasteiger partial charge in [-0.3, -0.25) is 0 Å². The maximum absolute atomic E-state index is 11.1. The highest BCUT2D eigenvalue weighted by molar-refractivity contribution is 5.90. The second kappa shape index (κ2) is 5.56. The highest BCUT2D eigenvalue weighted by atomic mass is 16.5. The minimum atomic E-state index is -0.961. The molecule has 100 valence electrons. The lowest BCUT2D eigenvalue weighted by Crippen LogP contribution is -2.02. The van der Waals surface area contributed by atoms with Crippen LogP contribution in [0.1, 0.15) is 23.7 Å². The van der Waals surface area contributed by atoms with Crippen LogP contribution < -0.4 is 4.74 Å². The van der Waals surface area contributed by atoms with Crippen LogP contribution in [-0.2, 0) is 6.54 Å². The summed E-state index contributed by atoms with van der Waals surface area (Å²) in [7, 11) is 1.56. The number of hydrogen-bond donors (Lipinski definition) is 1. The Balaban J connectivity index is 2.55. The van der Waals surface area contributed by atoms with E-state index < -0.39 is 5.97 Å². The minimum Gasteiger partial charge on any atom is -0.496 e. The monoisotopic (exact) mass is 260 g/mol. The molecule has 0 unspecified atom stereocenters. The molecule has 0 aliphatic heterocycles. The number of carboxylic acids is 1. The number of carboxylic acid groups (broad SMARTS) is 1. The number of imidazole rings is 1. The Morgan fingerprint density at radius 3 is 2.89 bits per heavy atom. The van der Waals surface area contributed by atoms with Gasteiger partial charge in [0.05, 0.1) is 18.2 Å². The Labute approximate surface area is 111 Å². The average Bonchev–Trinajstić information content (AvgIpc) is 2.86. The van der Waals surface area contributed by atoms with Crippen molar-refractivity contribution >= 4 is 5.97 Å². The molecular formula is C14H16N2O3. The first kappa shape index (κ1) is 13.1. The van der Waals surface area contributed by atoms with E-state index in [1.807, 2.05) is 10.8 Å². The van der Waals surface area contributed by atoms with Gasteiger partial charge in [0.25, 0.3) is 0 Å². The largest absolute Gasteiger partial charge is 0.496 e. The highest BCUT2D eigenvalue weighted by Crippen LogP contribution is 2.30. The first-order valence-corrected chi connectivity index (χ1v) is 6.10. The van der Waals surface area contributed by atoms with Gasteiger partial charge >= 0.3 is 5.97 Å². The van der Waals surface area contributed by atoms with Gasteiger partial charge in [-0.25, -0.2) is 9.78 Å². The summed E-state index contributed by atoms with van der Waals surface area (Å²) >= 11 is 0. The zero-order chi connectivity index (χ0) is 13.8.